The van der Waals surface area contributed by atoms with E-state index in [-0.39, 0.29) is 5.56 Å². The van der Waals surface area contributed by atoms with Crippen LogP contribution in [0.15, 0.2) is 29.8 Å². The van der Waals surface area contributed by atoms with Crippen molar-refractivity contribution in [2.75, 3.05) is 7.11 Å². The number of ether oxygens (including phenoxy) is 2. The van der Waals surface area contributed by atoms with Crippen molar-refractivity contribution in [3.05, 3.63) is 35.4 Å². The zero-order chi connectivity index (χ0) is 18.4. The SMILES string of the molecule is COc1ccc(C(O)=C2C(=O)C(=O)OC23C(=O)NC(=O)NC3=O)cc1. The van der Waals surface area contributed by atoms with Crippen LogP contribution < -0.4 is 15.4 Å². The summed E-state index contributed by atoms with van der Waals surface area (Å²) in [6.07, 6.45) is 0. The second kappa shape index (κ2) is 5.44. The first kappa shape index (κ1) is 16.2. The van der Waals surface area contributed by atoms with E-state index < -0.39 is 46.5 Å². The van der Waals surface area contributed by atoms with E-state index in [0.29, 0.717) is 5.75 Å². The van der Waals surface area contributed by atoms with Crippen LogP contribution in [-0.2, 0) is 23.9 Å². The summed E-state index contributed by atoms with van der Waals surface area (Å²) in [5.41, 5.74) is -3.61. The van der Waals surface area contributed by atoms with Gasteiger partial charge in [0, 0.05) is 5.56 Å². The number of aliphatic hydroxyl groups excluding tert-OH is 1. The molecule has 128 valence electrons. The molecule has 1 spiro atoms. The Hall–Kier alpha value is -3.69. The zero-order valence-corrected chi connectivity index (χ0v) is 12.6. The number of methoxy groups -OCH3 is 1. The Morgan fingerprint density at radius 3 is 2.12 bits per heavy atom. The first-order valence-electron chi connectivity index (χ1n) is 6.84. The number of hydrogen-bond acceptors (Lipinski definition) is 8. The van der Waals surface area contributed by atoms with Gasteiger partial charge in [-0.15, -0.1) is 0 Å². The van der Waals surface area contributed by atoms with E-state index in [1.165, 1.54) is 31.4 Å². The van der Waals surface area contributed by atoms with Crippen LogP contribution >= 0.6 is 0 Å². The molecule has 0 bridgehead atoms. The lowest BCUT2D eigenvalue weighted by molar-refractivity contribution is -0.165. The van der Waals surface area contributed by atoms with E-state index in [9.17, 15) is 29.1 Å². The third kappa shape index (κ3) is 2.23. The number of benzene rings is 1. The predicted octanol–water partition coefficient (Wildman–Crippen LogP) is -0.805. The van der Waals surface area contributed by atoms with Crippen molar-refractivity contribution >= 4 is 35.4 Å². The Morgan fingerprint density at radius 2 is 1.60 bits per heavy atom. The lowest BCUT2D eigenvalue weighted by atomic mass is 9.87. The Morgan fingerprint density at radius 1 is 1.04 bits per heavy atom. The summed E-state index contributed by atoms with van der Waals surface area (Å²) in [7, 11) is 1.42. The minimum absolute atomic E-state index is 0.0272. The summed E-state index contributed by atoms with van der Waals surface area (Å²) < 4.78 is 9.63. The number of imide groups is 2. The molecule has 1 aromatic carbocycles. The van der Waals surface area contributed by atoms with Gasteiger partial charge in [0.1, 0.15) is 17.1 Å². The Bertz CT molecular complexity index is 848. The van der Waals surface area contributed by atoms with Crippen LogP contribution in [0.25, 0.3) is 5.76 Å². The second-order valence-electron chi connectivity index (χ2n) is 5.09. The molecule has 0 atom stereocenters. The van der Waals surface area contributed by atoms with Gasteiger partial charge in [-0.1, -0.05) is 0 Å². The van der Waals surface area contributed by atoms with Gasteiger partial charge in [0.25, 0.3) is 17.6 Å². The number of nitrogens with one attached hydrogen (secondary N) is 2. The van der Waals surface area contributed by atoms with Crippen molar-refractivity contribution in [1.29, 1.82) is 0 Å². The normalized spacial score (nSPS) is 20.9. The van der Waals surface area contributed by atoms with E-state index in [0.717, 1.165) is 0 Å². The van der Waals surface area contributed by atoms with Gasteiger partial charge < -0.3 is 14.6 Å². The van der Waals surface area contributed by atoms with Crippen molar-refractivity contribution in [3.8, 4) is 5.75 Å². The molecule has 25 heavy (non-hydrogen) atoms. The van der Waals surface area contributed by atoms with E-state index in [2.05, 4.69) is 4.74 Å². The number of carbonyl (C=O) groups excluding carboxylic acids is 5. The third-order valence-corrected chi connectivity index (χ3v) is 3.70. The summed E-state index contributed by atoms with van der Waals surface area (Å²) in [4.78, 5) is 59.4. The third-order valence-electron chi connectivity index (χ3n) is 3.70. The van der Waals surface area contributed by atoms with Crippen molar-refractivity contribution < 1.29 is 38.6 Å². The van der Waals surface area contributed by atoms with Crippen LogP contribution in [0.5, 0.6) is 5.75 Å². The predicted molar refractivity (Wildman–Crippen MR) is 78.1 cm³/mol. The first-order valence-corrected chi connectivity index (χ1v) is 6.84. The van der Waals surface area contributed by atoms with Crippen molar-refractivity contribution in [1.82, 2.24) is 10.6 Å². The summed E-state index contributed by atoms with van der Waals surface area (Å²) >= 11 is 0. The lowest BCUT2D eigenvalue weighted by Gasteiger charge is -2.29. The molecular formula is C15H10N2O8. The maximum absolute atomic E-state index is 12.2. The minimum atomic E-state index is -2.77. The fourth-order valence-electron chi connectivity index (χ4n) is 2.50. The molecule has 0 aliphatic carbocycles. The number of aliphatic hydroxyl groups is 1. The maximum atomic E-state index is 12.2. The molecule has 0 radical (unpaired) electrons. The van der Waals surface area contributed by atoms with Crippen LogP contribution in [0, 0.1) is 0 Å². The van der Waals surface area contributed by atoms with Gasteiger partial charge in [-0.2, -0.15) is 0 Å². The van der Waals surface area contributed by atoms with Gasteiger partial charge in [-0.05, 0) is 24.3 Å². The number of urea groups is 1. The van der Waals surface area contributed by atoms with E-state index in [1.54, 1.807) is 10.6 Å². The minimum Gasteiger partial charge on any atom is -0.507 e. The topological polar surface area (TPSA) is 148 Å². The molecule has 2 aliphatic heterocycles. The van der Waals surface area contributed by atoms with Gasteiger partial charge in [0.15, 0.2) is 0 Å². The number of hydrogen-bond donors (Lipinski definition) is 3. The second-order valence-corrected chi connectivity index (χ2v) is 5.09. The van der Waals surface area contributed by atoms with Crippen molar-refractivity contribution in [3.63, 3.8) is 0 Å². The van der Waals surface area contributed by atoms with Gasteiger partial charge in [0.2, 0.25) is 0 Å². The molecule has 3 rings (SSSR count). The number of esters is 1. The molecule has 10 nitrogen and oxygen atoms in total. The van der Waals surface area contributed by atoms with Gasteiger partial charge in [-0.25, -0.2) is 9.59 Å². The Kier molecular flexibility index (Phi) is 3.52. The molecular weight excluding hydrogens is 336 g/mol. The Labute approximate surface area is 139 Å². The van der Waals surface area contributed by atoms with Gasteiger partial charge in [-0.3, -0.25) is 25.0 Å². The molecule has 1 aromatic rings. The number of amides is 4. The quantitative estimate of drug-likeness (QED) is 0.207. The Balaban J connectivity index is 2.20. The number of carbonyl (C=O) groups is 5. The average Bonchev–Trinajstić information content (AvgIpc) is 2.85. The fourth-order valence-corrected chi connectivity index (χ4v) is 2.50. The summed E-state index contributed by atoms with van der Waals surface area (Å²) in [5.74, 6) is -5.94. The van der Waals surface area contributed by atoms with Crippen molar-refractivity contribution in [2.24, 2.45) is 0 Å². The molecule has 2 fully saturated rings. The molecule has 0 unspecified atom stereocenters. The monoisotopic (exact) mass is 346 g/mol. The molecule has 4 amide bonds. The van der Waals surface area contributed by atoms with E-state index >= 15 is 0 Å². The number of Topliss-reactive ketones (excluding diaryl/α,β-unsaturated/α-hetero) is 1. The number of rotatable bonds is 2. The van der Waals surface area contributed by atoms with Gasteiger partial charge in [0.05, 0.1) is 7.11 Å². The summed E-state index contributed by atoms with van der Waals surface area (Å²) in [5, 5.41) is 13.9. The van der Waals surface area contributed by atoms with Crippen LogP contribution in [0.1, 0.15) is 5.56 Å². The fraction of sp³-hybridized carbons (Fsp3) is 0.133. The number of barbiturate groups is 1. The molecule has 2 heterocycles. The van der Waals surface area contributed by atoms with Gasteiger partial charge >= 0.3 is 17.6 Å². The average molecular weight is 346 g/mol. The molecule has 2 saturated heterocycles. The highest BCUT2D eigenvalue weighted by Gasteiger charge is 2.66. The van der Waals surface area contributed by atoms with Crippen LogP contribution in [-0.4, -0.2) is 47.4 Å². The molecule has 0 aromatic heterocycles. The summed E-state index contributed by atoms with van der Waals surface area (Å²) in [6.45, 7) is 0. The smallest absolute Gasteiger partial charge is 0.381 e. The van der Waals surface area contributed by atoms with Crippen molar-refractivity contribution in [2.45, 2.75) is 5.60 Å². The maximum Gasteiger partial charge on any atom is 0.381 e. The van der Waals surface area contributed by atoms with Crippen LogP contribution in [0.4, 0.5) is 4.79 Å². The highest BCUT2D eigenvalue weighted by Crippen LogP contribution is 2.37. The van der Waals surface area contributed by atoms with E-state index in [4.69, 9.17) is 4.74 Å². The molecule has 3 N–H and O–H groups in total. The standard InChI is InChI=1S/C15H10N2O8/c1-24-7-4-2-6(3-5-7)9(18)8-10(19)11(20)25-15(8)12(21)16-14(23)17-13(15)22/h2-5,18H,1H3,(H2,16,17,21,22,23). The van der Waals surface area contributed by atoms with Crippen LogP contribution in [0.3, 0.4) is 0 Å². The first-order chi connectivity index (χ1) is 11.8. The molecule has 2 aliphatic rings. The number of ketones is 1. The zero-order valence-electron chi connectivity index (χ0n) is 12.6. The lowest BCUT2D eigenvalue weighted by Crippen LogP contribution is -2.67. The summed E-state index contributed by atoms with van der Waals surface area (Å²) in [6, 6.07) is 4.44. The molecule has 0 saturated carbocycles. The van der Waals surface area contributed by atoms with Crippen LogP contribution in [0.2, 0.25) is 0 Å². The molecule has 10 heteroatoms. The highest BCUT2D eigenvalue weighted by molar-refractivity contribution is 6.50. The largest absolute Gasteiger partial charge is 0.507 e. The van der Waals surface area contributed by atoms with E-state index in [1.807, 2.05) is 0 Å². The highest BCUT2D eigenvalue weighted by atomic mass is 16.6.